The van der Waals surface area contributed by atoms with Crippen LogP contribution in [0.5, 0.6) is 0 Å². The second-order valence-electron chi connectivity index (χ2n) is 5.35. The van der Waals surface area contributed by atoms with Crippen LogP contribution in [0.3, 0.4) is 0 Å². The van der Waals surface area contributed by atoms with Gasteiger partial charge in [0.05, 0.1) is 18.8 Å². The van der Waals surface area contributed by atoms with Crippen molar-refractivity contribution < 1.29 is 9.53 Å². The second kappa shape index (κ2) is 6.16. The van der Waals surface area contributed by atoms with Gasteiger partial charge in [-0.25, -0.2) is 0 Å². The fourth-order valence-corrected chi connectivity index (χ4v) is 2.75. The zero-order valence-electron chi connectivity index (χ0n) is 11.5. The molecular formula is C15H20BrNO2. The van der Waals surface area contributed by atoms with Crippen molar-refractivity contribution in [1.82, 2.24) is 4.90 Å². The van der Waals surface area contributed by atoms with Gasteiger partial charge in [0.2, 0.25) is 0 Å². The van der Waals surface area contributed by atoms with Crippen LogP contribution in [-0.2, 0) is 16.0 Å². The molecule has 0 amide bonds. The van der Waals surface area contributed by atoms with E-state index < -0.39 is 5.54 Å². The lowest BCUT2D eigenvalue weighted by Crippen LogP contribution is -2.54. The number of hydrogen-bond acceptors (Lipinski definition) is 3. The van der Waals surface area contributed by atoms with Gasteiger partial charge in [-0.05, 0) is 25.5 Å². The highest BCUT2D eigenvalue weighted by atomic mass is 79.9. The summed E-state index contributed by atoms with van der Waals surface area (Å²) in [5.41, 5.74) is 0.618. The molecule has 0 N–H and O–H groups in total. The molecule has 1 aliphatic heterocycles. The first-order valence-electron chi connectivity index (χ1n) is 6.61. The van der Waals surface area contributed by atoms with Gasteiger partial charge in [-0.2, -0.15) is 0 Å². The Morgan fingerprint density at radius 1 is 1.32 bits per heavy atom. The zero-order valence-corrected chi connectivity index (χ0v) is 13.1. The van der Waals surface area contributed by atoms with Crippen LogP contribution in [-0.4, -0.2) is 42.5 Å². The molecule has 2 rings (SSSR count). The topological polar surface area (TPSA) is 29.5 Å². The molecule has 3 nitrogen and oxygen atoms in total. The zero-order chi connectivity index (χ0) is 13.9. The Labute approximate surface area is 123 Å². The maximum absolute atomic E-state index is 12.6. The summed E-state index contributed by atoms with van der Waals surface area (Å²) in [6, 6.07) is 7.90. The largest absolute Gasteiger partial charge is 0.379 e. The van der Waals surface area contributed by atoms with Crippen molar-refractivity contribution in [3.8, 4) is 0 Å². The standard InChI is InChI=1S/C15H20BrNO2/c1-15(2,17-7-9-19-10-8-17)14(18)11-12-5-3-4-6-13(12)16/h3-6H,7-11H2,1-2H3. The molecule has 0 aliphatic carbocycles. The van der Waals surface area contributed by atoms with Crippen molar-refractivity contribution in [1.29, 1.82) is 0 Å². The number of benzene rings is 1. The van der Waals surface area contributed by atoms with Crippen LogP contribution < -0.4 is 0 Å². The molecule has 4 heteroatoms. The van der Waals surface area contributed by atoms with Gasteiger partial charge in [0.15, 0.2) is 5.78 Å². The molecule has 1 aromatic rings. The summed E-state index contributed by atoms with van der Waals surface area (Å²) in [6.45, 7) is 7.11. The molecular weight excluding hydrogens is 306 g/mol. The fourth-order valence-electron chi connectivity index (χ4n) is 2.33. The Morgan fingerprint density at radius 3 is 2.58 bits per heavy atom. The van der Waals surface area contributed by atoms with E-state index in [0.717, 1.165) is 23.1 Å². The van der Waals surface area contributed by atoms with Crippen molar-refractivity contribution in [2.45, 2.75) is 25.8 Å². The predicted molar refractivity (Wildman–Crippen MR) is 79.3 cm³/mol. The molecule has 0 radical (unpaired) electrons. The van der Waals surface area contributed by atoms with Crippen LogP contribution in [0.15, 0.2) is 28.7 Å². The third-order valence-electron chi connectivity index (χ3n) is 3.79. The minimum atomic E-state index is -0.431. The Hall–Kier alpha value is -0.710. The van der Waals surface area contributed by atoms with E-state index in [0.29, 0.717) is 19.6 Å². The quantitative estimate of drug-likeness (QED) is 0.852. The summed E-state index contributed by atoms with van der Waals surface area (Å²) in [7, 11) is 0. The molecule has 1 fully saturated rings. The minimum absolute atomic E-state index is 0.251. The normalized spacial score (nSPS) is 17.4. The Kier molecular flexibility index (Phi) is 4.76. The van der Waals surface area contributed by atoms with Crippen molar-refractivity contribution in [3.05, 3.63) is 34.3 Å². The molecule has 1 heterocycles. The van der Waals surface area contributed by atoms with Gasteiger partial charge in [0, 0.05) is 24.0 Å². The number of hydrogen-bond donors (Lipinski definition) is 0. The molecule has 0 bridgehead atoms. The van der Waals surface area contributed by atoms with Gasteiger partial charge < -0.3 is 4.74 Å². The fraction of sp³-hybridized carbons (Fsp3) is 0.533. The van der Waals surface area contributed by atoms with Gasteiger partial charge in [-0.3, -0.25) is 9.69 Å². The monoisotopic (exact) mass is 325 g/mol. The Bertz CT molecular complexity index is 453. The molecule has 19 heavy (non-hydrogen) atoms. The summed E-state index contributed by atoms with van der Waals surface area (Å²) in [5.74, 6) is 0.251. The lowest BCUT2D eigenvalue weighted by atomic mass is 9.91. The third-order valence-corrected chi connectivity index (χ3v) is 4.57. The van der Waals surface area contributed by atoms with E-state index in [2.05, 4.69) is 20.8 Å². The van der Waals surface area contributed by atoms with Crippen LogP contribution in [0.4, 0.5) is 0 Å². The van der Waals surface area contributed by atoms with Crippen molar-refractivity contribution in [2.75, 3.05) is 26.3 Å². The summed E-state index contributed by atoms with van der Waals surface area (Å²) in [5, 5.41) is 0. The number of ketones is 1. The molecule has 0 unspecified atom stereocenters. The van der Waals surface area contributed by atoms with Gasteiger partial charge in [-0.15, -0.1) is 0 Å². The van der Waals surface area contributed by atoms with Gasteiger partial charge in [0.1, 0.15) is 0 Å². The van der Waals surface area contributed by atoms with Gasteiger partial charge in [-0.1, -0.05) is 34.1 Å². The van der Waals surface area contributed by atoms with E-state index in [1.165, 1.54) is 0 Å². The van der Waals surface area contributed by atoms with Crippen molar-refractivity contribution in [3.63, 3.8) is 0 Å². The van der Waals surface area contributed by atoms with E-state index in [1.807, 2.05) is 38.1 Å². The number of nitrogens with zero attached hydrogens (tertiary/aromatic N) is 1. The van der Waals surface area contributed by atoms with E-state index in [-0.39, 0.29) is 5.78 Å². The smallest absolute Gasteiger partial charge is 0.156 e. The van der Waals surface area contributed by atoms with Crippen LogP contribution >= 0.6 is 15.9 Å². The number of carbonyl (C=O) groups excluding carboxylic acids is 1. The summed E-state index contributed by atoms with van der Waals surface area (Å²) >= 11 is 3.50. The number of rotatable bonds is 4. The Morgan fingerprint density at radius 2 is 1.95 bits per heavy atom. The molecule has 104 valence electrons. The maximum Gasteiger partial charge on any atom is 0.156 e. The summed E-state index contributed by atoms with van der Waals surface area (Å²) in [6.07, 6.45) is 0.464. The highest BCUT2D eigenvalue weighted by Crippen LogP contribution is 2.23. The predicted octanol–water partition coefficient (Wildman–Crippen LogP) is 2.67. The number of halogens is 1. The molecule has 0 spiro atoms. The average Bonchev–Trinajstić information content (AvgIpc) is 2.42. The molecule has 0 aromatic heterocycles. The van der Waals surface area contributed by atoms with Crippen LogP contribution in [0.25, 0.3) is 0 Å². The molecule has 0 atom stereocenters. The number of Topliss-reactive ketones (excluding diaryl/α,β-unsaturated/α-hetero) is 1. The van der Waals surface area contributed by atoms with E-state index in [1.54, 1.807) is 0 Å². The SMILES string of the molecule is CC(C)(C(=O)Cc1ccccc1Br)N1CCOCC1. The van der Waals surface area contributed by atoms with E-state index in [4.69, 9.17) is 4.74 Å². The first-order valence-corrected chi connectivity index (χ1v) is 7.40. The first-order chi connectivity index (χ1) is 9.01. The first kappa shape index (κ1) is 14.7. The molecule has 1 aliphatic rings. The van der Waals surface area contributed by atoms with E-state index in [9.17, 15) is 4.79 Å². The van der Waals surface area contributed by atoms with E-state index >= 15 is 0 Å². The lowest BCUT2D eigenvalue weighted by Gasteiger charge is -2.39. The van der Waals surface area contributed by atoms with Crippen LogP contribution in [0.1, 0.15) is 19.4 Å². The van der Waals surface area contributed by atoms with Crippen LogP contribution in [0.2, 0.25) is 0 Å². The molecule has 0 saturated carbocycles. The number of morpholine rings is 1. The molecule has 1 saturated heterocycles. The van der Waals surface area contributed by atoms with Gasteiger partial charge >= 0.3 is 0 Å². The van der Waals surface area contributed by atoms with Crippen molar-refractivity contribution in [2.24, 2.45) is 0 Å². The average molecular weight is 326 g/mol. The molecule has 1 aromatic carbocycles. The number of carbonyl (C=O) groups is 1. The minimum Gasteiger partial charge on any atom is -0.379 e. The third kappa shape index (κ3) is 3.44. The van der Waals surface area contributed by atoms with Gasteiger partial charge in [0.25, 0.3) is 0 Å². The lowest BCUT2D eigenvalue weighted by molar-refractivity contribution is -0.131. The summed E-state index contributed by atoms with van der Waals surface area (Å²) in [4.78, 5) is 14.8. The second-order valence-corrected chi connectivity index (χ2v) is 6.20. The summed E-state index contributed by atoms with van der Waals surface area (Å²) < 4.78 is 6.35. The highest BCUT2D eigenvalue weighted by Gasteiger charge is 2.35. The highest BCUT2D eigenvalue weighted by molar-refractivity contribution is 9.10. The number of ether oxygens (including phenoxy) is 1. The maximum atomic E-state index is 12.6. The Balaban J connectivity index is 2.08. The van der Waals surface area contributed by atoms with Crippen LogP contribution in [0, 0.1) is 0 Å². The van der Waals surface area contributed by atoms with Crippen molar-refractivity contribution >= 4 is 21.7 Å².